The summed E-state index contributed by atoms with van der Waals surface area (Å²) in [5, 5.41) is 4.01. The molecule has 1 fully saturated rings. The highest BCUT2D eigenvalue weighted by atomic mass is 35.5. The number of aryl methyl sites for hydroxylation is 1. The molecule has 0 bridgehead atoms. The van der Waals surface area contributed by atoms with Crippen LogP contribution >= 0.6 is 12.4 Å². The summed E-state index contributed by atoms with van der Waals surface area (Å²) in [6.45, 7) is 12.3. The molecule has 1 aromatic heterocycles. The largest absolute Gasteiger partial charge is 0.352 e. The standard InChI is InChI=1S/C24H35N3O2.ClH/c1-5-6-12-26-13-10-19(11-14-26)16-25-23(28)21-15-20-18(4)8-7-9-22(20)27(17(2)3)24(21)29;/h7-9,15,17,19H,5-6,10-14,16H2,1-4H3,(H,25,28);1H. The fraction of sp³-hybridized carbons (Fsp3) is 0.583. The maximum Gasteiger partial charge on any atom is 0.264 e. The number of aromatic nitrogens is 1. The Hall–Kier alpha value is -1.85. The molecular formula is C24H36ClN3O2. The minimum atomic E-state index is -0.247. The second kappa shape index (κ2) is 11.0. The zero-order chi connectivity index (χ0) is 21.0. The Morgan fingerprint density at radius 2 is 1.93 bits per heavy atom. The quantitative estimate of drug-likeness (QED) is 0.696. The van der Waals surface area contributed by atoms with Crippen molar-refractivity contribution in [3.05, 3.63) is 45.7 Å². The number of carbonyl (C=O) groups is 1. The number of likely N-dealkylation sites (tertiary alicyclic amines) is 1. The predicted octanol–water partition coefficient (Wildman–Crippen LogP) is 4.55. The molecule has 166 valence electrons. The molecule has 1 N–H and O–H groups in total. The molecule has 5 nitrogen and oxygen atoms in total. The maximum atomic E-state index is 13.1. The van der Waals surface area contributed by atoms with E-state index in [4.69, 9.17) is 0 Å². The van der Waals surface area contributed by atoms with Crippen LogP contribution in [0.5, 0.6) is 0 Å². The van der Waals surface area contributed by atoms with Crippen molar-refractivity contribution in [3.63, 3.8) is 0 Å². The number of nitrogens with one attached hydrogen (secondary N) is 1. The Morgan fingerprint density at radius 1 is 1.23 bits per heavy atom. The van der Waals surface area contributed by atoms with Gasteiger partial charge in [0.1, 0.15) is 5.56 Å². The summed E-state index contributed by atoms with van der Waals surface area (Å²) >= 11 is 0. The molecule has 0 saturated carbocycles. The van der Waals surface area contributed by atoms with Crippen LogP contribution in [0, 0.1) is 12.8 Å². The van der Waals surface area contributed by atoms with Crippen LogP contribution in [-0.4, -0.2) is 41.6 Å². The van der Waals surface area contributed by atoms with Crippen molar-refractivity contribution in [2.24, 2.45) is 5.92 Å². The number of amides is 1. The van der Waals surface area contributed by atoms with Crippen molar-refractivity contribution in [1.82, 2.24) is 14.8 Å². The van der Waals surface area contributed by atoms with Gasteiger partial charge in [0, 0.05) is 18.0 Å². The highest BCUT2D eigenvalue weighted by Crippen LogP contribution is 2.21. The smallest absolute Gasteiger partial charge is 0.264 e. The summed E-state index contributed by atoms with van der Waals surface area (Å²) in [5.41, 5.74) is 2.01. The normalized spacial score (nSPS) is 15.4. The van der Waals surface area contributed by atoms with Gasteiger partial charge in [0.05, 0.1) is 5.52 Å². The van der Waals surface area contributed by atoms with Gasteiger partial charge in [-0.3, -0.25) is 9.59 Å². The van der Waals surface area contributed by atoms with Crippen LogP contribution in [0.15, 0.2) is 29.1 Å². The van der Waals surface area contributed by atoms with E-state index in [-0.39, 0.29) is 35.5 Å². The highest BCUT2D eigenvalue weighted by molar-refractivity contribution is 5.98. The van der Waals surface area contributed by atoms with E-state index in [9.17, 15) is 9.59 Å². The Labute approximate surface area is 186 Å². The predicted molar refractivity (Wildman–Crippen MR) is 127 cm³/mol. The summed E-state index contributed by atoms with van der Waals surface area (Å²) in [7, 11) is 0. The van der Waals surface area contributed by atoms with Crippen molar-refractivity contribution < 1.29 is 4.79 Å². The second-order valence-corrected chi connectivity index (χ2v) is 8.68. The van der Waals surface area contributed by atoms with Gasteiger partial charge in [0.2, 0.25) is 0 Å². The minimum absolute atomic E-state index is 0. The molecule has 6 heteroatoms. The number of nitrogens with zero attached hydrogens (tertiary/aromatic N) is 2. The van der Waals surface area contributed by atoms with Crippen LogP contribution in [0.3, 0.4) is 0 Å². The van der Waals surface area contributed by atoms with Gasteiger partial charge < -0.3 is 14.8 Å². The van der Waals surface area contributed by atoms with E-state index < -0.39 is 0 Å². The molecule has 2 heterocycles. The van der Waals surface area contributed by atoms with Crippen LogP contribution in [0.2, 0.25) is 0 Å². The summed E-state index contributed by atoms with van der Waals surface area (Å²) in [6, 6.07) is 7.70. The average molecular weight is 434 g/mol. The minimum Gasteiger partial charge on any atom is -0.352 e. The van der Waals surface area contributed by atoms with Crippen molar-refractivity contribution >= 4 is 29.2 Å². The molecule has 0 radical (unpaired) electrons. The van der Waals surface area contributed by atoms with Gasteiger partial charge in [-0.15, -0.1) is 12.4 Å². The number of hydrogen-bond acceptors (Lipinski definition) is 3. The van der Waals surface area contributed by atoms with Gasteiger partial charge in [-0.05, 0) is 83.3 Å². The molecule has 1 aromatic carbocycles. The lowest BCUT2D eigenvalue weighted by molar-refractivity contribution is 0.0934. The van der Waals surface area contributed by atoms with E-state index in [1.807, 2.05) is 39.0 Å². The van der Waals surface area contributed by atoms with E-state index in [1.54, 1.807) is 10.6 Å². The first-order valence-corrected chi connectivity index (χ1v) is 11.1. The van der Waals surface area contributed by atoms with Gasteiger partial charge in [-0.1, -0.05) is 25.5 Å². The third-order valence-electron chi connectivity index (χ3n) is 6.15. The Kier molecular flexibility index (Phi) is 8.92. The van der Waals surface area contributed by atoms with E-state index in [1.165, 1.54) is 19.4 Å². The van der Waals surface area contributed by atoms with E-state index >= 15 is 0 Å². The summed E-state index contributed by atoms with van der Waals surface area (Å²) < 4.78 is 1.74. The molecule has 0 spiro atoms. The number of unbranched alkanes of at least 4 members (excludes halogenated alkanes) is 1. The van der Waals surface area contributed by atoms with Crippen LogP contribution in [0.1, 0.15) is 68.4 Å². The number of piperidine rings is 1. The Bertz CT molecular complexity index is 915. The first kappa shape index (κ1) is 24.4. The molecule has 0 aliphatic carbocycles. The molecule has 30 heavy (non-hydrogen) atoms. The lowest BCUT2D eigenvalue weighted by atomic mass is 9.96. The molecule has 1 amide bonds. The van der Waals surface area contributed by atoms with Crippen molar-refractivity contribution in [2.45, 2.75) is 59.4 Å². The van der Waals surface area contributed by atoms with Crippen molar-refractivity contribution in [2.75, 3.05) is 26.2 Å². The first-order valence-electron chi connectivity index (χ1n) is 11.1. The molecule has 2 aromatic rings. The number of pyridine rings is 1. The molecule has 1 aliphatic rings. The lowest BCUT2D eigenvalue weighted by Crippen LogP contribution is -2.40. The van der Waals surface area contributed by atoms with Crippen LogP contribution < -0.4 is 10.9 Å². The zero-order valence-electron chi connectivity index (χ0n) is 18.7. The molecule has 3 rings (SSSR count). The Balaban J connectivity index is 0.00000320. The maximum absolute atomic E-state index is 13.1. The second-order valence-electron chi connectivity index (χ2n) is 8.68. The summed E-state index contributed by atoms with van der Waals surface area (Å²) in [4.78, 5) is 28.5. The van der Waals surface area contributed by atoms with Gasteiger partial charge >= 0.3 is 0 Å². The third kappa shape index (κ3) is 5.44. The van der Waals surface area contributed by atoms with Crippen LogP contribution in [0.4, 0.5) is 0 Å². The zero-order valence-corrected chi connectivity index (χ0v) is 19.6. The topological polar surface area (TPSA) is 54.3 Å². The van der Waals surface area contributed by atoms with Crippen molar-refractivity contribution in [1.29, 1.82) is 0 Å². The lowest BCUT2D eigenvalue weighted by Gasteiger charge is -2.31. The van der Waals surface area contributed by atoms with E-state index in [0.717, 1.165) is 42.4 Å². The van der Waals surface area contributed by atoms with Gasteiger partial charge in [-0.25, -0.2) is 0 Å². The number of carbonyl (C=O) groups excluding carboxylic acids is 1. The van der Waals surface area contributed by atoms with Crippen LogP contribution in [0.25, 0.3) is 10.9 Å². The summed E-state index contributed by atoms with van der Waals surface area (Å²) in [5.74, 6) is 0.245. The number of halogens is 1. The molecule has 0 atom stereocenters. The van der Waals surface area contributed by atoms with Crippen molar-refractivity contribution in [3.8, 4) is 0 Å². The fourth-order valence-electron chi connectivity index (χ4n) is 4.31. The molecular weight excluding hydrogens is 398 g/mol. The Morgan fingerprint density at radius 3 is 2.57 bits per heavy atom. The van der Waals surface area contributed by atoms with E-state index in [2.05, 4.69) is 17.1 Å². The number of hydrogen-bond donors (Lipinski definition) is 1. The van der Waals surface area contributed by atoms with Gasteiger partial charge in [0.15, 0.2) is 0 Å². The fourth-order valence-corrected chi connectivity index (χ4v) is 4.31. The van der Waals surface area contributed by atoms with E-state index in [0.29, 0.717) is 12.5 Å². The van der Waals surface area contributed by atoms with Gasteiger partial charge in [-0.2, -0.15) is 0 Å². The number of benzene rings is 1. The molecule has 1 saturated heterocycles. The molecule has 1 aliphatic heterocycles. The van der Waals surface area contributed by atoms with Gasteiger partial charge in [0.25, 0.3) is 11.5 Å². The average Bonchev–Trinajstić information content (AvgIpc) is 2.70. The highest BCUT2D eigenvalue weighted by Gasteiger charge is 2.22. The SMILES string of the molecule is CCCCN1CCC(CNC(=O)c2cc3c(C)cccc3n(C(C)C)c2=O)CC1.Cl. The first-order chi connectivity index (χ1) is 13.9. The number of fused-ring (bicyclic) bond motifs is 1. The monoisotopic (exact) mass is 433 g/mol. The number of rotatable bonds is 7. The third-order valence-corrected chi connectivity index (χ3v) is 6.15. The summed E-state index contributed by atoms with van der Waals surface area (Å²) in [6.07, 6.45) is 4.70. The van der Waals surface area contributed by atoms with Crippen LogP contribution in [-0.2, 0) is 0 Å². The molecule has 0 unspecified atom stereocenters.